The van der Waals surface area contributed by atoms with Crippen molar-refractivity contribution in [3.05, 3.63) is 59.7 Å². The molecular weight excluding hydrogens is 386 g/mol. The van der Waals surface area contributed by atoms with Gasteiger partial charge in [0.2, 0.25) is 11.8 Å². The van der Waals surface area contributed by atoms with Gasteiger partial charge in [0.05, 0.1) is 24.3 Å². The molecule has 8 nitrogen and oxygen atoms in total. The van der Waals surface area contributed by atoms with E-state index >= 15 is 0 Å². The number of hydrogen-bond donors (Lipinski definition) is 1. The molecule has 2 aromatic rings. The fourth-order valence-electron chi connectivity index (χ4n) is 3.77. The Hall–Kier alpha value is -3.68. The third-order valence-electron chi connectivity index (χ3n) is 5.31. The maximum absolute atomic E-state index is 12.4. The van der Waals surface area contributed by atoms with Crippen LogP contribution in [0.25, 0.3) is 0 Å². The molecule has 1 atom stereocenters. The molecule has 0 bridgehead atoms. The highest BCUT2D eigenvalue weighted by Crippen LogP contribution is 2.25. The molecule has 4 amide bonds. The number of ether oxygens (including phenoxy) is 1. The Balaban J connectivity index is 1.31. The smallest absolute Gasteiger partial charge is 0.261 e. The van der Waals surface area contributed by atoms with E-state index in [4.69, 9.17) is 4.74 Å². The second-order valence-corrected chi connectivity index (χ2v) is 7.23. The van der Waals surface area contributed by atoms with Gasteiger partial charge in [0.15, 0.2) is 0 Å². The molecule has 1 N–H and O–H groups in total. The third kappa shape index (κ3) is 3.63. The molecule has 0 aliphatic carbocycles. The number of fused-ring (bicyclic) bond motifs is 1. The molecule has 1 unspecified atom stereocenters. The van der Waals surface area contributed by atoms with Crippen molar-refractivity contribution in [3.63, 3.8) is 0 Å². The number of rotatable bonds is 6. The molecule has 1 saturated heterocycles. The number of methoxy groups -OCH3 is 1. The molecule has 0 spiro atoms. The van der Waals surface area contributed by atoms with Crippen LogP contribution in [0.4, 0.5) is 5.69 Å². The summed E-state index contributed by atoms with van der Waals surface area (Å²) in [5.74, 6) is -0.453. The van der Waals surface area contributed by atoms with Gasteiger partial charge in [0, 0.05) is 31.6 Å². The van der Waals surface area contributed by atoms with Gasteiger partial charge in [-0.1, -0.05) is 12.1 Å². The topological polar surface area (TPSA) is 96.0 Å². The van der Waals surface area contributed by atoms with Crippen molar-refractivity contribution in [3.8, 4) is 5.75 Å². The van der Waals surface area contributed by atoms with Gasteiger partial charge in [-0.3, -0.25) is 24.1 Å². The lowest BCUT2D eigenvalue weighted by atomic mass is 10.1. The van der Waals surface area contributed by atoms with Crippen LogP contribution in [0.15, 0.2) is 48.5 Å². The zero-order chi connectivity index (χ0) is 21.3. The average Bonchev–Trinajstić information content (AvgIpc) is 3.24. The van der Waals surface area contributed by atoms with Gasteiger partial charge in [-0.2, -0.15) is 0 Å². The lowest BCUT2D eigenvalue weighted by molar-refractivity contribution is -0.121. The van der Waals surface area contributed by atoms with E-state index in [2.05, 4.69) is 5.32 Å². The third-order valence-corrected chi connectivity index (χ3v) is 5.31. The summed E-state index contributed by atoms with van der Waals surface area (Å²) in [5.41, 5.74) is 1.46. The number of anilines is 1. The number of nitrogens with one attached hydrogen (secondary N) is 1. The van der Waals surface area contributed by atoms with Crippen LogP contribution < -0.4 is 15.0 Å². The number of benzene rings is 2. The summed E-state index contributed by atoms with van der Waals surface area (Å²) in [6.07, 6.45) is 0.184. The maximum Gasteiger partial charge on any atom is 0.261 e. The van der Waals surface area contributed by atoms with E-state index in [-0.39, 0.29) is 49.1 Å². The predicted octanol–water partition coefficient (Wildman–Crippen LogP) is 1.60. The van der Waals surface area contributed by atoms with Gasteiger partial charge in [0.1, 0.15) is 5.75 Å². The van der Waals surface area contributed by atoms with E-state index in [0.717, 1.165) is 10.6 Å². The van der Waals surface area contributed by atoms with E-state index in [0.29, 0.717) is 23.4 Å². The first-order valence-electron chi connectivity index (χ1n) is 9.67. The molecule has 30 heavy (non-hydrogen) atoms. The number of nitrogens with zero attached hydrogens (tertiary/aromatic N) is 2. The molecule has 2 heterocycles. The van der Waals surface area contributed by atoms with Crippen molar-refractivity contribution in [2.45, 2.75) is 18.9 Å². The molecule has 2 aliphatic heterocycles. The summed E-state index contributed by atoms with van der Waals surface area (Å²) >= 11 is 0. The fourth-order valence-corrected chi connectivity index (χ4v) is 3.77. The predicted molar refractivity (Wildman–Crippen MR) is 108 cm³/mol. The Morgan fingerprint density at radius 3 is 2.27 bits per heavy atom. The minimum absolute atomic E-state index is 0.00103. The first-order valence-corrected chi connectivity index (χ1v) is 9.67. The zero-order valence-electron chi connectivity index (χ0n) is 16.5. The highest BCUT2D eigenvalue weighted by Gasteiger charge is 2.36. The summed E-state index contributed by atoms with van der Waals surface area (Å²) in [6.45, 7) is 0.366. The summed E-state index contributed by atoms with van der Waals surface area (Å²) in [4.78, 5) is 52.2. The Kier molecular flexibility index (Phi) is 5.22. The molecule has 4 rings (SSSR count). The van der Waals surface area contributed by atoms with E-state index in [1.165, 1.54) is 0 Å². The first-order chi connectivity index (χ1) is 14.5. The highest BCUT2D eigenvalue weighted by atomic mass is 16.5. The minimum Gasteiger partial charge on any atom is -0.497 e. The summed E-state index contributed by atoms with van der Waals surface area (Å²) in [6, 6.07) is 13.4. The Morgan fingerprint density at radius 1 is 1.03 bits per heavy atom. The Morgan fingerprint density at radius 2 is 1.67 bits per heavy atom. The van der Waals surface area contributed by atoms with Crippen molar-refractivity contribution in [2.75, 3.05) is 25.1 Å². The Bertz CT molecular complexity index is 983. The van der Waals surface area contributed by atoms with Gasteiger partial charge in [-0.15, -0.1) is 0 Å². The van der Waals surface area contributed by atoms with E-state index < -0.39 is 0 Å². The van der Waals surface area contributed by atoms with Gasteiger partial charge in [0.25, 0.3) is 11.8 Å². The van der Waals surface area contributed by atoms with Crippen molar-refractivity contribution in [1.82, 2.24) is 10.2 Å². The second-order valence-electron chi connectivity index (χ2n) is 7.23. The van der Waals surface area contributed by atoms with Gasteiger partial charge >= 0.3 is 0 Å². The van der Waals surface area contributed by atoms with Crippen molar-refractivity contribution < 1.29 is 23.9 Å². The van der Waals surface area contributed by atoms with Gasteiger partial charge in [-0.25, -0.2) is 0 Å². The molecule has 0 radical (unpaired) electrons. The van der Waals surface area contributed by atoms with Crippen LogP contribution in [0, 0.1) is 0 Å². The van der Waals surface area contributed by atoms with E-state index in [9.17, 15) is 19.2 Å². The van der Waals surface area contributed by atoms with Crippen LogP contribution in [-0.4, -0.2) is 54.8 Å². The van der Waals surface area contributed by atoms with Crippen LogP contribution in [0.5, 0.6) is 5.75 Å². The van der Waals surface area contributed by atoms with Crippen molar-refractivity contribution >= 4 is 29.3 Å². The molecule has 1 fully saturated rings. The van der Waals surface area contributed by atoms with E-state index in [1.54, 1.807) is 60.5 Å². The molecule has 2 aromatic carbocycles. The second kappa shape index (κ2) is 7.98. The van der Waals surface area contributed by atoms with Crippen LogP contribution >= 0.6 is 0 Å². The van der Waals surface area contributed by atoms with Crippen molar-refractivity contribution in [1.29, 1.82) is 0 Å². The quantitative estimate of drug-likeness (QED) is 0.734. The van der Waals surface area contributed by atoms with Gasteiger partial charge < -0.3 is 15.0 Å². The number of carbonyl (C=O) groups excluding carboxylic acids is 4. The highest BCUT2D eigenvalue weighted by molar-refractivity contribution is 6.21. The lowest BCUT2D eigenvalue weighted by Crippen LogP contribution is -2.39. The zero-order valence-corrected chi connectivity index (χ0v) is 16.5. The first kappa shape index (κ1) is 19.6. The van der Waals surface area contributed by atoms with Gasteiger partial charge in [-0.05, 0) is 36.4 Å². The molecule has 0 saturated carbocycles. The number of amides is 4. The molecule has 2 aliphatic rings. The molecular formula is C22H21N3O5. The van der Waals surface area contributed by atoms with Crippen LogP contribution in [0.1, 0.15) is 33.6 Å². The summed E-state index contributed by atoms with van der Waals surface area (Å²) in [7, 11) is 1.57. The summed E-state index contributed by atoms with van der Waals surface area (Å²) in [5, 5.41) is 2.83. The maximum atomic E-state index is 12.4. The largest absolute Gasteiger partial charge is 0.497 e. The fraction of sp³-hybridized carbons (Fsp3) is 0.273. The molecule has 154 valence electrons. The minimum atomic E-state index is -0.384. The van der Waals surface area contributed by atoms with Crippen molar-refractivity contribution in [2.24, 2.45) is 0 Å². The standard InChI is InChI=1S/C22H21N3O5/c1-30-16-8-6-15(7-9-16)25-13-14(12-20(25)27)23-19(26)10-11-24-21(28)17-4-2-3-5-18(17)22(24)29/h2-9,14H,10-13H2,1H3,(H,23,26). The van der Waals surface area contributed by atoms with Crippen LogP contribution in [0.3, 0.4) is 0 Å². The number of imide groups is 1. The molecule has 8 heteroatoms. The Labute approximate surface area is 173 Å². The van der Waals surface area contributed by atoms with Crippen LogP contribution in [-0.2, 0) is 9.59 Å². The SMILES string of the molecule is COc1ccc(N2CC(NC(=O)CCN3C(=O)c4ccccc4C3=O)CC2=O)cc1. The van der Waals surface area contributed by atoms with E-state index in [1.807, 2.05) is 0 Å². The van der Waals surface area contributed by atoms with Crippen LogP contribution in [0.2, 0.25) is 0 Å². The normalized spacial score (nSPS) is 18.0. The average molecular weight is 407 g/mol. The number of carbonyl (C=O) groups is 4. The number of hydrogen-bond acceptors (Lipinski definition) is 5. The molecule has 0 aromatic heterocycles. The lowest BCUT2D eigenvalue weighted by Gasteiger charge is -2.18. The summed E-state index contributed by atoms with van der Waals surface area (Å²) < 4.78 is 5.12. The monoisotopic (exact) mass is 407 g/mol.